The number of rotatable bonds is 5. The lowest BCUT2D eigenvalue weighted by Gasteiger charge is -2.07. The number of pyridine rings is 1. The van der Waals surface area contributed by atoms with Crippen LogP contribution in [-0.2, 0) is 6.42 Å². The van der Waals surface area contributed by atoms with Crippen LogP contribution in [0.4, 0.5) is 0 Å². The maximum Gasteiger partial charge on any atom is 0.0642 e. The van der Waals surface area contributed by atoms with Gasteiger partial charge in [-0.3, -0.25) is 4.98 Å². The molecule has 2 heterocycles. The fourth-order valence-corrected chi connectivity index (χ4v) is 1.94. The zero-order valence-electron chi connectivity index (χ0n) is 9.61. The molecule has 0 aliphatic carbocycles. The number of nitrogens with zero attached hydrogens (tertiary/aromatic N) is 1. The highest BCUT2D eigenvalue weighted by atomic mass is 16.3. The lowest BCUT2D eigenvalue weighted by molar-refractivity contribution is 0.161. The SMILES string of the molecule is CCCCC(O)Cc1cc2ccncc2[nH]1. The molecule has 0 aliphatic heterocycles. The van der Waals surface area contributed by atoms with Crippen LogP contribution in [0.2, 0.25) is 0 Å². The Balaban J connectivity index is 2.03. The van der Waals surface area contributed by atoms with Gasteiger partial charge in [0.1, 0.15) is 0 Å². The van der Waals surface area contributed by atoms with Crippen molar-refractivity contribution >= 4 is 10.9 Å². The van der Waals surface area contributed by atoms with E-state index in [1.807, 2.05) is 12.3 Å². The molecule has 0 saturated heterocycles. The standard InChI is InChI=1S/C13H18N2O/c1-2-3-4-12(16)8-11-7-10-5-6-14-9-13(10)15-11/h5-7,9,12,15-16H,2-4,8H2,1H3. The highest BCUT2D eigenvalue weighted by Crippen LogP contribution is 2.15. The van der Waals surface area contributed by atoms with Crippen LogP contribution in [-0.4, -0.2) is 21.2 Å². The highest BCUT2D eigenvalue weighted by Gasteiger charge is 2.07. The molecule has 2 aromatic heterocycles. The highest BCUT2D eigenvalue weighted by molar-refractivity contribution is 5.79. The molecule has 0 aromatic carbocycles. The van der Waals surface area contributed by atoms with Crippen LogP contribution in [0.5, 0.6) is 0 Å². The van der Waals surface area contributed by atoms with Crippen molar-refractivity contribution in [3.63, 3.8) is 0 Å². The van der Waals surface area contributed by atoms with Crippen LogP contribution in [0.1, 0.15) is 31.9 Å². The summed E-state index contributed by atoms with van der Waals surface area (Å²) >= 11 is 0. The smallest absolute Gasteiger partial charge is 0.0642 e. The predicted octanol–water partition coefficient (Wildman–Crippen LogP) is 2.66. The number of aliphatic hydroxyl groups excluding tert-OH is 1. The molecule has 0 amide bonds. The molecule has 0 bridgehead atoms. The molecule has 86 valence electrons. The number of H-pyrrole nitrogens is 1. The van der Waals surface area contributed by atoms with E-state index < -0.39 is 0 Å². The van der Waals surface area contributed by atoms with Gasteiger partial charge in [-0.15, -0.1) is 0 Å². The first-order valence-electron chi connectivity index (χ1n) is 5.89. The number of nitrogens with one attached hydrogen (secondary N) is 1. The minimum atomic E-state index is -0.235. The van der Waals surface area contributed by atoms with Crippen LogP contribution in [0, 0.1) is 0 Å². The van der Waals surface area contributed by atoms with Crippen molar-refractivity contribution in [1.82, 2.24) is 9.97 Å². The van der Waals surface area contributed by atoms with Gasteiger partial charge in [0.15, 0.2) is 0 Å². The van der Waals surface area contributed by atoms with E-state index in [1.54, 1.807) is 6.20 Å². The Morgan fingerprint density at radius 2 is 2.38 bits per heavy atom. The second-order valence-corrected chi connectivity index (χ2v) is 4.26. The summed E-state index contributed by atoms with van der Waals surface area (Å²) < 4.78 is 0. The average Bonchev–Trinajstić information content (AvgIpc) is 2.68. The molecule has 2 rings (SSSR count). The lowest BCUT2D eigenvalue weighted by Crippen LogP contribution is -2.10. The zero-order valence-corrected chi connectivity index (χ0v) is 9.61. The largest absolute Gasteiger partial charge is 0.393 e. The number of hydrogen-bond donors (Lipinski definition) is 2. The molecule has 0 radical (unpaired) electrons. The van der Waals surface area contributed by atoms with Gasteiger partial charge in [0.05, 0.1) is 17.8 Å². The quantitative estimate of drug-likeness (QED) is 0.810. The first kappa shape index (κ1) is 11.1. The molecule has 1 unspecified atom stereocenters. The van der Waals surface area contributed by atoms with Crippen molar-refractivity contribution < 1.29 is 5.11 Å². The second-order valence-electron chi connectivity index (χ2n) is 4.26. The first-order valence-corrected chi connectivity index (χ1v) is 5.89. The van der Waals surface area contributed by atoms with E-state index in [4.69, 9.17) is 0 Å². The van der Waals surface area contributed by atoms with E-state index in [0.29, 0.717) is 6.42 Å². The van der Waals surface area contributed by atoms with Gasteiger partial charge in [0.2, 0.25) is 0 Å². The Labute approximate surface area is 95.5 Å². The first-order chi connectivity index (χ1) is 7.79. The predicted molar refractivity (Wildman–Crippen MR) is 65.3 cm³/mol. The Hall–Kier alpha value is -1.35. The summed E-state index contributed by atoms with van der Waals surface area (Å²) in [5.74, 6) is 0. The second kappa shape index (κ2) is 5.12. The molecule has 1 atom stereocenters. The van der Waals surface area contributed by atoms with Crippen molar-refractivity contribution in [3.05, 3.63) is 30.2 Å². The molecule has 2 N–H and O–H groups in total. The van der Waals surface area contributed by atoms with Gasteiger partial charge in [-0.05, 0) is 18.6 Å². The van der Waals surface area contributed by atoms with Crippen molar-refractivity contribution in [2.24, 2.45) is 0 Å². The van der Waals surface area contributed by atoms with E-state index in [9.17, 15) is 5.11 Å². The molecule has 2 aromatic rings. The molecule has 0 spiro atoms. The maximum absolute atomic E-state index is 9.82. The topological polar surface area (TPSA) is 48.9 Å². The lowest BCUT2D eigenvalue weighted by atomic mass is 10.1. The molecule has 0 saturated carbocycles. The third kappa shape index (κ3) is 2.61. The fraction of sp³-hybridized carbons (Fsp3) is 0.462. The van der Waals surface area contributed by atoms with Gasteiger partial charge < -0.3 is 10.1 Å². The van der Waals surface area contributed by atoms with Crippen LogP contribution in [0.15, 0.2) is 24.5 Å². The third-order valence-electron chi connectivity index (χ3n) is 2.83. The number of fused-ring (bicyclic) bond motifs is 1. The monoisotopic (exact) mass is 218 g/mol. The van der Waals surface area contributed by atoms with E-state index in [-0.39, 0.29) is 6.10 Å². The summed E-state index contributed by atoms with van der Waals surface area (Å²) in [5.41, 5.74) is 2.13. The van der Waals surface area contributed by atoms with E-state index in [2.05, 4.69) is 23.0 Å². The number of aromatic amines is 1. The number of aliphatic hydroxyl groups is 1. The normalized spacial score (nSPS) is 13.1. The molecule has 3 heteroatoms. The summed E-state index contributed by atoms with van der Waals surface area (Å²) in [4.78, 5) is 7.34. The number of unbranched alkanes of at least 4 members (excludes halogenated alkanes) is 1. The average molecular weight is 218 g/mol. The summed E-state index contributed by atoms with van der Waals surface area (Å²) in [6, 6.07) is 4.07. The fourth-order valence-electron chi connectivity index (χ4n) is 1.94. The van der Waals surface area contributed by atoms with Gasteiger partial charge in [-0.1, -0.05) is 19.8 Å². The van der Waals surface area contributed by atoms with Gasteiger partial charge in [-0.2, -0.15) is 0 Å². The van der Waals surface area contributed by atoms with Gasteiger partial charge in [0, 0.05) is 23.7 Å². The van der Waals surface area contributed by atoms with Crippen LogP contribution >= 0.6 is 0 Å². The Kier molecular flexibility index (Phi) is 3.57. The number of aromatic nitrogens is 2. The van der Waals surface area contributed by atoms with Crippen molar-refractivity contribution in [2.75, 3.05) is 0 Å². The van der Waals surface area contributed by atoms with Gasteiger partial charge in [0.25, 0.3) is 0 Å². The van der Waals surface area contributed by atoms with Crippen LogP contribution < -0.4 is 0 Å². The minimum Gasteiger partial charge on any atom is -0.393 e. The van der Waals surface area contributed by atoms with Crippen LogP contribution in [0.25, 0.3) is 10.9 Å². The Morgan fingerprint density at radius 1 is 1.50 bits per heavy atom. The van der Waals surface area contributed by atoms with E-state index >= 15 is 0 Å². The van der Waals surface area contributed by atoms with Crippen molar-refractivity contribution in [3.8, 4) is 0 Å². The third-order valence-corrected chi connectivity index (χ3v) is 2.83. The minimum absolute atomic E-state index is 0.235. The Morgan fingerprint density at radius 3 is 3.12 bits per heavy atom. The maximum atomic E-state index is 9.82. The number of hydrogen-bond acceptors (Lipinski definition) is 2. The molecule has 0 fully saturated rings. The Bertz CT molecular complexity index is 417. The van der Waals surface area contributed by atoms with Crippen molar-refractivity contribution in [2.45, 2.75) is 38.7 Å². The van der Waals surface area contributed by atoms with Gasteiger partial charge >= 0.3 is 0 Å². The van der Waals surface area contributed by atoms with Crippen molar-refractivity contribution in [1.29, 1.82) is 0 Å². The summed E-state index contributed by atoms with van der Waals surface area (Å²) in [6.45, 7) is 2.14. The van der Waals surface area contributed by atoms with E-state index in [1.165, 1.54) is 0 Å². The van der Waals surface area contributed by atoms with E-state index in [0.717, 1.165) is 35.9 Å². The van der Waals surface area contributed by atoms with Gasteiger partial charge in [-0.25, -0.2) is 0 Å². The summed E-state index contributed by atoms with van der Waals surface area (Å²) in [7, 11) is 0. The molecular formula is C13H18N2O. The van der Waals surface area contributed by atoms with Crippen LogP contribution in [0.3, 0.4) is 0 Å². The molecular weight excluding hydrogens is 200 g/mol. The molecule has 16 heavy (non-hydrogen) atoms. The molecule has 0 aliphatic rings. The zero-order chi connectivity index (χ0) is 11.4. The molecule has 3 nitrogen and oxygen atoms in total. The summed E-state index contributed by atoms with van der Waals surface area (Å²) in [6.07, 6.45) is 7.17. The summed E-state index contributed by atoms with van der Waals surface area (Å²) in [5, 5.41) is 11.0.